The molecule has 172 valence electrons. The Balaban J connectivity index is 1.30. The molecule has 1 saturated carbocycles. The van der Waals surface area contributed by atoms with E-state index in [0.717, 1.165) is 60.5 Å². The van der Waals surface area contributed by atoms with Crippen molar-refractivity contribution in [3.63, 3.8) is 0 Å². The van der Waals surface area contributed by atoms with E-state index < -0.39 is 0 Å². The molecule has 6 nitrogen and oxygen atoms in total. The Hall–Kier alpha value is -1.64. The van der Waals surface area contributed by atoms with Crippen molar-refractivity contribution in [1.29, 1.82) is 0 Å². The van der Waals surface area contributed by atoms with Crippen LogP contribution in [0.5, 0.6) is 0 Å². The molecule has 0 amide bonds. The molecule has 1 aromatic carbocycles. The lowest BCUT2D eigenvalue weighted by Gasteiger charge is -2.31. The minimum Gasteiger partial charge on any atom is -0.362 e. The highest BCUT2D eigenvalue weighted by Gasteiger charge is 2.24. The van der Waals surface area contributed by atoms with Crippen LogP contribution in [0.25, 0.3) is 0 Å². The zero-order valence-corrected chi connectivity index (χ0v) is 21.7. The highest BCUT2D eigenvalue weighted by Crippen LogP contribution is 2.30. The second-order valence-corrected chi connectivity index (χ2v) is 10.5. The maximum atomic E-state index is 6.28. The van der Waals surface area contributed by atoms with Crippen LogP contribution in [0.1, 0.15) is 49.8 Å². The monoisotopic (exact) mass is 536 g/mol. The molecule has 2 aliphatic rings. The first kappa shape index (κ1) is 23.5. The number of halogens is 2. The van der Waals surface area contributed by atoms with Crippen LogP contribution in [-0.4, -0.2) is 41.3 Å². The molecule has 0 saturated heterocycles. The van der Waals surface area contributed by atoms with Gasteiger partial charge in [0.1, 0.15) is 5.82 Å². The molecule has 0 unspecified atom stereocenters. The van der Waals surface area contributed by atoms with Gasteiger partial charge in [-0.15, -0.1) is 0 Å². The number of aryl methyl sites for hydroxylation is 1. The van der Waals surface area contributed by atoms with Gasteiger partial charge in [-0.1, -0.05) is 27.5 Å². The van der Waals surface area contributed by atoms with Crippen LogP contribution < -0.4 is 20.9 Å². The van der Waals surface area contributed by atoms with Gasteiger partial charge < -0.3 is 20.9 Å². The van der Waals surface area contributed by atoms with Gasteiger partial charge in [0, 0.05) is 36.2 Å². The predicted octanol–water partition coefficient (Wildman–Crippen LogP) is 5.55. The summed E-state index contributed by atoms with van der Waals surface area (Å²) in [4.78, 5) is 11.8. The number of nitrogens with zero attached hydrogens (tertiary/aromatic N) is 3. The van der Waals surface area contributed by atoms with E-state index in [-0.39, 0.29) is 0 Å². The molecule has 4 rings (SSSR count). The fourth-order valence-corrected chi connectivity index (χ4v) is 5.51. The maximum Gasteiger partial charge on any atom is 0.225 e. The Bertz CT molecular complexity index is 977. The summed E-state index contributed by atoms with van der Waals surface area (Å²) in [5.41, 5.74) is 3.35. The van der Waals surface area contributed by atoms with Crippen LogP contribution in [0, 0.1) is 0 Å². The van der Waals surface area contributed by atoms with Crippen molar-refractivity contribution < 1.29 is 0 Å². The Morgan fingerprint density at radius 3 is 2.53 bits per heavy atom. The Morgan fingerprint density at radius 1 is 1.09 bits per heavy atom. The predicted molar refractivity (Wildman–Crippen MR) is 141 cm³/mol. The fourth-order valence-electron chi connectivity index (χ4n) is 4.51. The SMILES string of the molecule is CN(C)c1nc(N[C@H]2CC[C@@H](NC(=S)Nc3ccc(Br)cc3Cl)CC2)nc2c1CCCC2. The normalized spacial score (nSPS) is 20.2. The van der Waals surface area contributed by atoms with E-state index in [0.29, 0.717) is 22.2 Å². The number of hydrogen-bond donors (Lipinski definition) is 3. The van der Waals surface area contributed by atoms with Crippen molar-refractivity contribution >= 4 is 62.3 Å². The number of fused-ring (bicyclic) bond motifs is 1. The van der Waals surface area contributed by atoms with E-state index in [4.69, 9.17) is 33.8 Å². The second kappa shape index (κ2) is 10.5. The molecular formula is C23H30BrClN6S. The molecular weight excluding hydrogens is 508 g/mol. The molecule has 2 aliphatic carbocycles. The van der Waals surface area contributed by atoms with Gasteiger partial charge in [0.25, 0.3) is 0 Å². The molecule has 1 fully saturated rings. The average molecular weight is 538 g/mol. The lowest BCUT2D eigenvalue weighted by atomic mass is 9.91. The van der Waals surface area contributed by atoms with Gasteiger partial charge in [-0.3, -0.25) is 0 Å². The van der Waals surface area contributed by atoms with Crippen LogP contribution in [0.2, 0.25) is 5.02 Å². The molecule has 1 aromatic heterocycles. The molecule has 0 radical (unpaired) electrons. The van der Waals surface area contributed by atoms with E-state index in [1.54, 1.807) is 0 Å². The molecule has 0 bridgehead atoms. The van der Waals surface area contributed by atoms with Crippen molar-refractivity contribution in [2.75, 3.05) is 29.6 Å². The third kappa shape index (κ3) is 5.83. The smallest absolute Gasteiger partial charge is 0.225 e. The summed E-state index contributed by atoms with van der Waals surface area (Å²) in [5, 5.41) is 11.5. The first-order valence-electron chi connectivity index (χ1n) is 11.3. The average Bonchev–Trinajstić information content (AvgIpc) is 2.76. The van der Waals surface area contributed by atoms with E-state index in [2.05, 4.69) is 50.9 Å². The van der Waals surface area contributed by atoms with Gasteiger partial charge in [0.2, 0.25) is 5.95 Å². The quantitative estimate of drug-likeness (QED) is 0.432. The molecule has 0 aliphatic heterocycles. The van der Waals surface area contributed by atoms with Crippen LogP contribution >= 0.6 is 39.7 Å². The molecule has 3 N–H and O–H groups in total. The number of rotatable bonds is 5. The Labute approximate surface area is 209 Å². The van der Waals surface area contributed by atoms with E-state index in [1.807, 2.05) is 18.2 Å². The molecule has 9 heteroatoms. The summed E-state index contributed by atoms with van der Waals surface area (Å²) in [6.45, 7) is 0. The zero-order chi connectivity index (χ0) is 22.7. The summed E-state index contributed by atoms with van der Waals surface area (Å²) < 4.78 is 0.943. The standard InChI is InChI=1S/C23H30BrClN6S/c1-31(2)21-17-5-3-4-6-19(17)28-22(30-21)26-15-8-10-16(11-9-15)27-23(32)29-20-12-7-14(24)13-18(20)25/h7,12-13,15-16H,3-6,8-11H2,1-2H3,(H,26,28,30)(H2,27,29,32)/t15-,16+. The summed E-state index contributed by atoms with van der Waals surface area (Å²) in [6, 6.07) is 6.45. The first-order valence-corrected chi connectivity index (χ1v) is 12.8. The number of nitrogens with one attached hydrogen (secondary N) is 3. The van der Waals surface area contributed by atoms with Crippen LogP contribution in [0.4, 0.5) is 17.5 Å². The molecule has 0 spiro atoms. The van der Waals surface area contributed by atoms with Gasteiger partial charge in [-0.05, 0) is 81.8 Å². The number of thiocarbonyl (C=S) groups is 1. The van der Waals surface area contributed by atoms with Gasteiger partial charge in [0.15, 0.2) is 5.11 Å². The van der Waals surface area contributed by atoms with Crippen molar-refractivity contribution in [3.8, 4) is 0 Å². The molecule has 1 heterocycles. The van der Waals surface area contributed by atoms with E-state index in [9.17, 15) is 0 Å². The molecule has 32 heavy (non-hydrogen) atoms. The maximum absolute atomic E-state index is 6.28. The third-order valence-electron chi connectivity index (χ3n) is 6.16. The zero-order valence-electron chi connectivity index (χ0n) is 18.5. The van der Waals surface area contributed by atoms with E-state index in [1.165, 1.54) is 24.1 Å². The number of anilines is 3. The third-order valence-corrected chi connectivity index (χ3v) is 7.19. The van der Waals surface area contributed by atoms with Crippen molar-refractivity contribution in [2.45, 2.75) is 63.5 Å². The summed E-state index contributed by atoms with van der Waals surface area (Å²) in [6.07, 6.45) is 8.76. The highest BCUT2D eigenvalue weighted by atomic mass is 79.9. The summed E-state index contributed by atoms with van der Waals surface area (Å²) in [5.74, 6) is 1.84. The number of aromatic nitrogens is 2. The largest absolute Gasteiger partial charge is 0.362 e. The molecule has 0 atom stereocenters. The van der Waals surface area contributed by atoms with Crippen LogP contribution in [0.3, 0.4) is 0 Å². The Kier molecular flexibility index (Phi) is 7.74. The topological polar surface area (TPSA) is 65.1 Å². The van der Waals surface area contributed by atoms with Gasteiger partial charge >= 0.3 is 0 Å². The second-order valence-electron chi connectivity index (χ2n) is 8.81. The minimum absolute atomic E-state index is 0.351. The van der Waals surface area contributed by atoms with Crippen molar-refractivity contribution in [1.82, 2.24) is 15.3 Å². The van der Waals surface area contributed by atoms with Crippen molar-refractivity contribution in [3.05, 3.63) is 39.0 Å². The minimum atomic E-state index is 0.351. The van der Waals surface area contributed by atoms with Gasteiger partial charge in [-0.2, -0.15) is 4.98 Å². The highest BCUT2D eigenvalue weighted by molar-refractivity contribution is 9.10. The fraction of sp³-hybridized carbons (Fsp3) is 0.522. The van der Waals surface area contributed by atoms with E-state index >= 15 is 0 Å². The Morgan fingerprint density at radius 2 is 1.81 bits per heavy atom. The number of hydrogen-bond acceptors (Lipinski definition) is 5. The van der Waals surface area contributed by atoms with Gasteiger partial charge in [0.05, 0.1) is 16.4 Å². The van der Waals surface area contributed by atoms with Crippen LogP contribution in [-0.2, 0) is 12.8 Å². The lowest BCUT2D eigenvalue weighted by molar-refractivity contribution is 0.387. The van der Waals surface area contributed by atoms with Crippen LogP contribution in [0.15, 0.2) is 22.7 Å². The first-order chi connectivity index (χ1) is 15.4. The lowest BCUT2D eigenvalue weighted by Crippen LogP contribution is -2.42. The number of benzene rings is 1. The summed E-state index contributed by atoms with van der Waals surface area (Å²) >= 11 is 15.2. The summed E-state index contributed by atoms with van der Waals surface area (Å²) in [7, 11) is 4.13. The molecule has 2 aromatic rings. The van der Waals surface area contributed by atoms with Crippen molar-refractivity contribution in [2.24, 2.45) is 0 Å². The van der Waals surface area contributed by atoms with Gasteiger partial charge in [-0.25, -0.2) is 4.98 Å².